The molecule has 1 aliphatic heterocycles. The number of hydrogen-bond donors (Lipinski definition) is 2. The molecule has 2 N–H and O–H groups in total. The molecule has 0 bridgehead atoms. The summed E-state index contributed by atoms with van der Waals surface area (Å²) >= 11 is 1.39. The van der Waals surface area contributed by atoms with E-state index in [1.807, 2.05) is 6.92 Å². The number of carbonyl (C=O) groups is 1. The summed E-state index contributed by atoms with van der Waals surface area (Å²) in [4.78, 5) is 11.9. The first-order chi connectivity index (χ1) is 6.20. The molecule has 70 valence electrons. The molecule has 0 amide bonds. The van der Waals surface area contributed by atoms with Gasteiger partial charge in [-0.15, -0.1) is 0 Å². The van der Waals surface area contributed by atoms with Gasteiger partial charge in [-0.3, -0.25) is 4.79 Å². The van der Waals surface area contributed by atoms with E-state index in [-0.39, 0.29) is 0 Å². The fourth-order valence-electron chi connectivity index (χ4n) is 1.65. The van der Waals surface area contributed by atoms with Crippen molar-refractivity contribution in [2.45, 2.75) is 19.4 Å². The number of fused-ring (bicyclic) bond motifs is 1. The summed E-state index contributed by atoms with van der Waals surface area (Å²) in [5, 5.41) is 12.0. The third kappa shape index (κ3) is 1.34. The number of rotatable bonds is 1. The van der Waals surface area contributed by atoms with Crippen molar-refractivity contribution < 1.29 is 9.90 Å². The zero-order valence-electron chi connectivity index (χ0n) is 7.20. The van der Waals surface area contributed by atoms with Crippen molar-refractivity contribution in [3.05, 3.63) is 16.1 Å². The molecule has 1 atom stereocenters. The molecule has 2 heterocycles. The van der Waals surface area contributed by atoms with Crippen molar-refractivity contribution in [3.8, 4) is 0 Å². The standard InChI is InChI=1S/C8H10N2O2S/c1-4-7-5(8(11)12)2-9-3-6(7)10-13-4/h5,9H,2-3H2,1H3,(H,11,12). The minimum Gasteiger partial charge on any atom is -0.481 e. The lowest BCUT2D eigenvalue weighted by Gasteiger charge is -2.19. The highest BCUT2D eigenvalue weighted by Crippen LogP contribution is 2.29. The van der Waals surface area contributed by atoms with Crippen LogP contribution < -0.4 is 5.32 Å². The van der Waals surface area contributed by atoms with E-state index in [0.717, 1.165) is 16.1 Å². The Kier molecular flexibility index (Phi) is 2.05. The van der Waals surface area contributed by atoms with Crippen LogP contribution in [0.4, 0.5) is 0 Å². The Balaban J connectivity index is 2.46. The van der Waals surface area contributed by atoms with E-state index in [1.54, 1.807) is 0 Å². The highest BCUT2D eigenvalue weighted by molar-refractivity contribution is 7.05. The number of nitrogens with zero attached hydrogens (tertiary/aromatic N) is 1. The van der Waals surface area contributed by atoms with Crippen molar-refractivity contribution in [3.63, 3.8) is 0 Å². The Morgan fingerprint density at radius 2 is 2.54 bits per heavy atom. The SMILES string of the molecule is Cc1snc2c1C(C(=O)O)CNC2. The molecule has 1 aromatic rings. The van der Waals surface area contributed by atoms with Gasteiger partial charge in [0.05, 0.1) is 11.6 Å². The van der Waals surface area contributed by atoms with Crippen LogP contribution in [0.3, 0.4) is 0 Å². The Labute approximate surface area is 79.8 Å². The minimum atomic E-state index is -0.767. The van der Waals surface area contributed by atoms with Gasteiger partial charge in [-0.1, -0.05) is 0 Å². The summed E-state index contributed by atoms with van der Waals surface area (Å²) in [6.07, 6.45) is 0. The summed E-state index contributed by atoms with van der Waals surface area (Å²) in [5.74, 6) is -1.18. The number of nitrogens with one attached hydrogen (secondary N) is 1. The molecule has 1 aliphatic rings. The monoisotopic (exact) mass is 198 g/mol. The Morgan fingerprint density at radius 1 is 1.77 bits per heavy atom. The van der Waals surface area contributed by atoms with Gasteiger partial charge in [-0.05, 0) is 18.5 Å². The smallest absolute Gasteiger partial charge is 0.312 e. The number of aliphatic carboxylic acids is 1. The second-order valence-electron chi connectivity index (χ2n) is 3.12. The highest BCUT2D eigenvalue weighted by atomic mass is 32.1. The molecule has 0 aliphatic carbocycles. The number of carboxylic acid groups (broad SMARTS) is 1. The van der Waals surface area contributed by atoms with Gasteiger partial charge in [0.25, 0.3) is 0 Å². The van der Waals surface area contributed by atoms with Crippen LogP contribution in [0, 0.1) is 6.92 Å². The van der Waals surface area contributed by atoms with E-state index in [2.05, 4.69) is 9.69 Å². The maximum Gasteiger partial charge on any atom is 0.312 e. The lowest BCUT2D eigenvalue weighted by molar-refractivity contribution is -0.138. The van der Waals surface area contributed by atoms with E-state index in [1.165, 1.54) is 11.5 Å². The van der Waals surface area contributed by atoms with Crippen LogP contribution in [0.25, 0.3) is 0 Å². The normalized spacial score (nSPS) is 21.2. The number of hydrogen-bond acceptors (Lipinski definition) is 4. The summed E-state index contributed by atoms with van der Waals surface area (Å²) in [5.41, 5.74) is 1.83. The number of carboxylic acids is 1. The molecule has 5 heteroatoms. The first kappa shape index (κ1) is 8.65. The van der Waals surface area contributed by atoms with Crippen LogP contribution in [0.15, 0.2) is 0 Å². The molecule has 0 spiro atoms. The maximum atomic E-state index is 10.9. The van der Waals surface area contributed by atoms with Crippen molar-refractivity contribution in [2.24, 2.45) is 0 Å². The Hall–Kier alpha value is -0.940. The van der Waals surface area contributed by atoms with E-state index in [4.69, 9.17) is 5.11 Å². The Bertz CT molecular complexity index is 348. The van der Waals surface area contributed by atoms with Crippen molar-refractivity contribution in [1.82, 2.24) is 9.69 Å². The van der Waals surface area contributed by atoms with Crippen molar-refractivity contribution >= 4 is 17.5 Å². The van der Waals surface area contributed by atoms with E-state index < -0.39 is 11.9 Å². The lowest BCUT2D eigenvalue weighted by atomic mass is 9.94. The highest BCUT2D eigenvalue weighted by Gasteiger charge is 2.29. The average molecular weight is 198 g/mol. The van der Waals surface area contributed by atoms with Crippen LogP contribution in [0.2, 0.25) is 0 Å². The molecule has 0 saturated carbocycles. The quantitative estimate of drug-likeness (QED) is 0.698. The summed E-state index contributed by atoms with van der Waals surface area (Å²) < 4.78 is 4.20. The van der Waals surface area contributed by atoms with Gasteiger partial charge < -0.3 is 10.4 Å². The average Bonchev–Trinajstić information content (AvgIpc) is 2.48. The molecule has 1 unspecified atom stereocenters. The van der Waals surface area contributed by atoms with Gasteiger partial charge in [-0.2, -0.15) is 4.37 Å². The molecular formula is C8H10N2O2S. The first-order valence-corrected chi connectivity index (χ1v) is 4.86. The van der Waals surface area contributed by atoms with Crippen LogP contribution in [0.1, 0.15) is 22.1 Å². The minimum absolute atomic E-state index is 0.414. The first-order valence-electron chi connectivity index (χ1n) is 4.08. The van der Waals surface area contributed by atoms with Crippen LogP contribution >= 0.6 is 11.5 Å². The molecule has 13 heavy (non-hydrogen) atoms. The van der Waals surface area contributed by atoms with Gasteiger partial charge in [0, 0.05) is 23.5 Å². The molecule has 2 rings (SSSR count). The molecule has 0 fully saturated rings. The molecule has 0 aromatic carbocycles. The van der Waals surface area contributed by atoms with E-state index >= 15 is 0 Å². The van der Waals surface area contributed by atoms with Gasteiger partial charge in [0.2, 0.25) is 0 Å². The summed E-state index contributed by atoms with van der Waals surface area (Å²) in [6, 6.07) is 0. The second-order valence-corrected chi connectivity index (χ2v) is 4.10. The summed E-state index contributed by atoms with van der Waals surface area (Å²) in [6.45, 7) is 3.14. The largest absolute Gasteiger partial charge is 0.481 e. The van der Waals surface area contributed by atoms with Crippen LogP contribution in [-0.2, 0) is 11.3 Å². The van der Waals surface area contributed by atoms with Crippen LogP contribution in [-0.4, -0.2) is 22.0 Å². The molecular weight excluding hydrogens is 188 g/mol. The van der Waals surface area contributed by atoms with Crippen molar-refractivity contribution in [1.29, 1.82) is 0 Å². The fourth-order valence-corrected chi connectivity index (χ4v) is 2.42. The molecule has 1 aromatic heterocycles. The van der Waals surface area contributed by atoms with Gasteiger partial charge >= 0.3 is 5.97 Å². The van der Waals surface area contributed by atoms with Gasteiger partial charge in [0.1, 0.15) is 0 Å². The maximum absolute atomic E-state index is 10.9. The van der Waals surface area contributed by atoms with Crippen LogP contribution in [0.5, 0.6) is 0 Å². The topological polar surface area (TPSA) is 62.2 Å². The third-order valence-corrected chi connectivity index (χ3v) is 3.08. The molecule has 4 nitrogen and oxygen atoms in total. The summed E-state index contributed by atoms with van der Waals surface area (Å²) in [7, 11) is 0. The molecule has 0 saturated heterocycles. The second kappa shape index (κ2) is 3.08. The lowest BCUT2D eigenvalue weighted by Crippen LogP contribution is -2.32. The van der Waals surface area contributed by atoms with E-state index in [9.17, 15) is 4.79 Å². The van der Waals surface area contributed by atoms with Gasteiger partial charge in [0.15, 0.2) is 0 Å². The zero-order chi connectivity index (χ0) is 9.42. The number of aryl methyl sites for hydroxylation is 1. The zero-order valence-corrected chi connectivity index (χ0v) is 8.02. The Morgan fingerprint density at radius 3 is 3.23 bits per heavy atom. The number of aromatic nitrogens is 1. The fraction of sp³-hybridized carbons (Fsp3) is 0.500. The molecule has 0 radical (unpaired) electrons. The van der Waals surface area contributed by atoms with Gasteiger partial charge in [-0.25, -0.2) is 0 Å². The predicted molar refractivity (Wildman–Crippen MR) is 48.9 cm³/mol. The van der Waals surface area contributed by atoms with Crippen molar-refractivity contribution in [2.75, 3.05) is 6.54 Å². The third-order valence-electron chi connectivity index (χ3n) is 2.27. The van der Waals surface area contributed by atoms with E-state index in [0.29, 0.717) is 13.1 Å². The predicted octanol–water partition coefficient (Wildman–Crippen LogP) is 0.723.